The molecule has 0 aliphatic carbocycles. The Balaban J connectivity index is 3.21. The average molecular weight is 156 g/mol. The van der Waals surface area contributed by atoms with Crippen molar-refractivity contribution in [2.75, 3.05) is 13.0 Å². The molecule has 10 heavy (non-hydrogen) atoms. The number of hydrogen-bond donors (Lipinski definition) is 2. The topological polar surface area (TPSA) is 32.3 Å². The van der Waals surface area contributed by atoms with Gasteiger partial charge < -0.3 is 23.4 Å². The highest BCUT2D eigenvalue weighted by Crippen LogP contribution is 2.04. The van der Waals surface area contributed by atoms with Gasteiger partial charge in [0.2, 0.25) is 0 Å². The van der Waals surface area contributed by atoms with Crippen molar-refractivity contribution >= 4 is 6.98 Å². The summed E-state index contributed by atoms with van der Waals surface area (Å²) in [5.74, 6) is 0. The van der Waals surface area contributed by atoms with Crippen LogP contribution in [-0.4, -0.2) is 31.2 Å². The standard InChI is InChI=1S/C4H10BF3NO/c1-4(10)2-9-3-5(6,7)8/h4,9-10H,2-3H2,1H3/q-1. The highest BCUT2D eigenvalue weighted by atomic mass is 19.4. The van der Waals surface area contributed by atoms with Gasteiger partial charge in [-0.15, -0.1) is 0 Å². The molecule has 0 saturated carbocycles. The fourth-order valence-electron chi connectivity index (χ4n) is 0.456. The summed E-state index contributed by atoms with van der Waals surface area (Å²) in [5, 5.41) is 10.6. The maximum absolute atomic E-state index is 11.4. The Bertz CT molecular complexity index is 95.0. The smallest absolute Gasteiger partial charge is 0.448 e. The SMILES string of the molecule is CC(O)CNC[B-](F)(F)F. The zero-order chi connectivity index (χ0) is 8.20. The minimum Gasteiger partial charge on any atom is -0.448 e. The Morgan fingerprint density at radius 1 is 1.50 bits per heavy atom. The van der Waals surface area contributed by atoms with Crippen LogP contribution in [0.15, 0.2) is 0 Å². The Labute approximate surface area is 57.5 Å². The third-order valence-electron chi connectivity index (χ3n) is 0.816. The van der Waals surface area contributed by atoms with E-state index in [9.17, 15) is 12.9 Å². The van der Waals surface area contributed by atoms with E-state index >= 15 is 0 Å². The van der Waals surface area contributed by atoms with Gasteiger partial charge in [-0.2, -0.15) is 0 Å². The third-order valence-corrected chi connectivity index (χ3v) is 0.816. The van der Waals surface area contributed by atoms with Crippen LogP contribution >= 0.6 is 0 Å². The molecule has 0 aromatic carbocycles. The monoisotopic (exact) mass is 156 g/mol. The molecule has 2 nitrogen and oxygen atoms in total. The quantitative estimate of drug-likeness (QED) is 0.575. The normalized spacial score (nSPS) is 15.3. The van der Waals surface area contributed by atoms with Crippen LogP contribution in [-0.2, 0) is 0 Å². The van der Waals surface area contributed by atoms with Gasteiger partial charge in [0, 0.05) is 6.54 Å². The molecule has 0 heterocycles. The van der Waals surface area contributed by atoms with Gasteiger partial charge >= 0.3 is 6.98 Å². The van der Waals surface area contributed by atoms with Gasteiger partial charge in [0.05, 0.1) is 6.10 Å². The molecule has 0 aliphatic rings. The van der Waals surface area contributed by atoms with Gasteiger partial charge in [-0.1, -0.05) is 0 Å². The Hall–Kier alpha value is -0.225. The molecule has 0 bridgehead atoms. The molecule has 62 valence electrons. The second-order valence-corrected chi connectivity index (χ2v) is 2.22. The van der Waals surface area contributed by atoms with Crippen molar-refractivity contribution in [2.24, 2.45) is 0 Å². The van der Waals surface area contributed by atoms with E-state index in [0.717, 1.165) is 0 Å². The van der Waals surface area contributed by atoms with Crippen molar-refractivity contribution in [2.45, 2.75) is 13.0 Å². The summed E-state index contributed by atoms with van der Waals surface area (Å²) in [4.78, 5) is 0. The molecule has 0 rings (SSSR count). The average Bonchev–Trinajstić information content (AvgIpc) is 1.59. The van der Waals surface area contributed by atoms with Crippen LogP contribution in [0.4, 0.5) is 12.9 Å². The first-order valence-electron chi connectivity index (χ1n) is 3.01. The predicted molar refractivity (Wildman–Crippen MR) is 33.6 cm³/mol. The van der Waals surface area contributed by atoms with E-state index in [-0.39, 0.29) is 6.54 Å². The van der Waals surface area contributed by atoms with Crippen LogP contribution < -0.4 is 5.32 Å². The molecule has 0 aromatic heterocycles. The second-order valence-electron chi connectivity index (χ2n) is 2.22. The summed E-state index contributed by atoms with van der Waals surface area (Å²) >= 11 is 0. The lowest BCUT2D eigenvalue weighted by Gasteiger charge is -2.14. The number of halogens is 3. The zero-order valence-electron chi connectivity index (χ0n) is 5.65. The van der Waals surface area contributed by atoms with Crippen molar-refractivity contribution in [3.63, 3.8) is 0 Å². The predicted octanol–water partition coefficient (Wildman–Crippen LogP) is 0.343. The van der Waals surface area contributed by atoms with Gasteiger partial charge in [-0.25, -0.2) is 0 Å². The third kappa shape index (κ3) is 7.77. The second kappa shape index (κ2) is 3.83. The van der Waals surface area contributed by atoms with E-state index in [0.29, 0.717) is 0 Å². The Morgan fingerprint density at radius 2 is 2.00 bits per heavy atom. The molecule has 2 N–H and O–H groups in total. The van der Waals surface area contributed by atoms with Gasteiger partial charge in [0.25, 0.3) is 0 Å². The van der Waals surface area contributed by atoms with E-state index < -0.39 is 19.5 Å². The zero-order valence-corrected chi connectivity index (χ0v) is 5.65. The molecular formula is C4H10BF3NO-. The van der Waals surface area contributed by atoms with Crippen LogP contribution in [0.2, 0.25) is 0 Å². The van der Waals surface area contributed by atoms with Crippen molar-refractivity contribution in [1.82, 2.24) is 5.32 Å². The molecule has 0 aliphatic heterocycles. The number of aliphatic hydroxyl groups excluding tert-OH is 1. The summed E-state index contributed by atoms with van der Waals surface area (Å²) < 4.78 is 34.3. The maximum atomic E-state index is 11.4. The van der Waals surface area contributed by atoms with Crippen LogP contribution in [0.3, 0.4) is 0 Å². The molecule has 6 heteroatoms. The highest BCUT2D eigenvalue weighted by molar-refractivity contribution is 6.58. The summed E-state index contributed by atoms with van der Waals surface area (Å²) in [6.45, 7) is -3.34. The lowest BCUT2D eigenvalue weighted by atomic mass is 9.92. The number of rotatable bonds is 4. The molecular weight excluding hydrogens is 146 g/mol. The summed E-state index contributed by atoms with van der Waals surface area (Å²) in [7, 11) is 0. The molecule has 0 radical (unpaired) electrons. The number of aliphatic hydroxyl groups is 1. The van der Waals surface area contributed by atoms with Crippen LogP contribution in [0.5, 0.6) is 0 Å². The van der Waals surface area contributed by atoms with Crippen molar-refractivity contribution < 1.29 is 18.1 Å². The van der Waals surface area contributed by atoms with Gasteiger partial charge in [0.15, 0.2) is 0 Å². The summed E-state index contributed by atoms with van der Waals surface area (Å²) in [5.41, 5.74) is 0. The molecule has 0 aromatic rings. The largest absolute Gasteiger partial charge is 0.491 e. The van der Waals surface area contributed by atoms with Crippen LogP contribution in [0.25, 0.3) is 0 Å². The van der Waals surface area contributed by atoms with E-state index in [1.807, 2.05) is 0 Å². The minimum absolute atomic E-state index is 0.0126. The number of hydrogen-bond acceptors (Lipinski definition) is 2. The van der Waals surface area contributed by atoms with Crippen LogP contribution in [0.1, 0.15) is 6.92 Å². The molecule has 0 amide bonds. The first-order valence-corrected chi connectivity index (χ1v) is 3.01. The van der Waals surface area contributed by atoms with Crippen molar-refractivity contribution in [3.8, 4) is 0 Å². The van der Waals surface area contributed by atoms with E-state index in [4.69, 9.17) is 5.11 Å². The van der Waals surface area contributed by atoms with Crippen molar-refractivity contribution in [3.05, 3.63) is 0 Å². The van der Waals surface area contributed by atoms with E-state index in [2.05, 4.69) is 5.32 Å². The fourth-order valence-corrected chi connectivity index (χ4v) is 0.456. The lowest BCUT2D eigenvalue weighted by molar-refractivity contribution is 0.192. The highest BCUT2D eigenvalue weighted by Gasteiger charge is 2.21. The molecule has 1 atom stereocenters. The number of nitrogens with one attached hydrogen (secondary N) is 1. The van der Waals surface area contributed by atoms with Crippen molar-refractivity contribution in [1.29, 1.82) is 0 Å². The van der Waals surface area contributed by atoms with Gasteiger partial charge in [-0.3, -0.25) is 0 Å². The molecule has 0 spiro atoms. The summed E-state index contributed by atoms with van der Waals surface area (Å²) in [6, 6.07) is 0. The summed E-state index contributed by atoms with van der Waals surface area (Å²) in [6.07, 6.45) is -1.71. The molecule has 0 saturated heterocycles. The first-order chi connectivity index (χ1) is 4.42. The first kappa shape index (κ1) is 9.77. The molecule has 0 fully saturated rings. The van der Waals surface area contributed by atoms with E-state index in [1.54, 1.807) is 0 Å². The molecule has 1 unspecified atom stereocenters. The Morgan fingerprint density at radius 3 is 2.30 bits per heavy atom. The van der Waals surface area contributed by atoms with Crippen LogP contribution in [0, 0.1) is 0 Å². The lowest BCUT2D eigenvalue weighted by Crippen LogP contribution is -2.37. The van der Waals surface area contributed by atoms with Gasteiger partial charge in [0.1, 0.15) is 0 Å². The van der Waals surface area contributed by atoms with Gasteiger partial charge in [-0.05, 0) is 13.4 Å². The maximum Gasteiger partial charge on any atom is 0.491 e. The fraction of sp³-hybridized carbons (Fsp3) is 1.00. The minimum atomic E-state index is -4.75. The Kier molecular flexibility index (Phi) is 3.74. The van der Waals surface area contributed by atoms with E-state index in [1.165, 1.54) is 6.92 Å².